The van der Waals surface area contributed by atoms with Gasteiger partial charge in [-0.1, -0.05) is 23.7 Å². The minimum absolute atomic E-state index is 0.0805. The Morgan fingerprint density at radius 3 is 2.53 bits per heavy atom. The van der Waals surface area contributed by atoms with Crippen molar-refractivity contribution in [1.29, 1.82) is 0 Å². The van der Waals surface area contributed by atoms with Gasteiger partial charge >= 0.3 is 0 Å². The molecule has 2 nitrogen and oxygen atoms in total. The van der Waals surface area contributed by atoms with Crippen molar-refractivity contribution >= 4 is 11.6 Å². The van der Waals surface area contributed by atoms with Crippen molar-refractivity contribution in [3.63, 3.8) is 0 Å². The lowest BCUT2D eigenvalue weighted by Gasteiger charge is -2.11. The number of benzene rings is 2. The second-order valence-corrected chi connectivity index (χ2v) is 4.81. The maximum absolute atomic E-state index is 13.8. The summed E-state index contributed by atoms with van der Waals surface area (Å²) >= 11 is 5.99. The summed E-state index contributed by atoms with van der Waals surface area (Å²) in [5, 5.41) is 9.80. The van der Waals surface area contributed by atoms with Crippen LogP contribution in [-0.2, 0) is 0 Å². The van der Waals surface area contributed by atoms with Crippen molar-refractivity contribution in [1.82, 2.24) is 0 Å². The van der Waals surface area contributed by atoms with E-state index in [1.165, 1.54) is 12.1 Å². The zero-order chi connectivity index (χ0) is 14.0. The van der Waals surface area contributed by atoms with Gasteiger partial charge in [-0.25, -0.2) is 4.39 Å². The molecular weight excluding hydrogens is 267 g/mol. The maximum Gasteiger partial charge on any atom is 0.166 e. The van der Waals surface area contributed by atoms with E-state index in [9.17, 15) is 9.50 Å². The number of hydrogen-bond acceptors (Lipinski definition) is 2. The fourth-order valence-electron chi connectivity index (χ4n) is 1.67. The first-order chi connectivity index (χ1) is 8.97. The summed E-state index contributed by atoms with van der Waals surface area (Å²) in [5.41, 5.74) is 1.47. The second kappa shape index (κ2) is 5.59. The zero-order valence-corrected chi connectivity index (χ0v) is 11.4. The predicted molar refractivity (Wildman–Crippen MR) is 73.3 cm³/mol. The number of ether oxygens (including phenoxy) is 1. The van der Waals surface area contributed by atoms with Gasteiger partial charge in [-0.3, -0.25) is 0 Å². The highest BCUT2D eigenvalue weighted by atomic mass is 35.5. The molecule has 1 N–H and O–H groups in total. The van der Waals surface area contributed by atoms with Crippen molar-refractivity contribution in [3.05, 3.63) is 58.4 Å². The summed E-state index contributed by atoms with van der Waals surface area (Å²) in [6.45, 7) is 3.48. The number of aliphatic hydroxyl groups is 1. The quantitative estimate of drug-likeness (QED) is 0.888. The largest absolute Gasteiger partial charge is 0.453 e. The minimum atomic E-state index is -0.717. The molecule has 100 valence electrons. The van der Waals surface area contributed by atoms with Crippen LogP contribution in [0.5, 0.6) is 11.5 Å². The van der Waals surface area contributed by atoms with E-state index in [-0.39, 0.29) is 5.75 Å². The highest BCUT2D eigenvalue weighted by molar-refractivity contribution is 6.32. The minimum Gasteiger partial charge on any atom is -0.453 e. The van der Waals surface area contributed by atoms with Gasteiger partial charge in [-0.2, -0.15) is 0 Å². The Bertz CT molecular complexity index is 597. The van der Waals surface area contributed by atoms with Crippen molar-refractivity contribution < 1.29 is 14.2 Å². The van der Waals surface area contributed by atoms with Crippen LogP contribution in [0, 0.1) is 12.7 Å². The fraction of sp³-hybridized carbons (Fsp3) is 0.200. The standard InChI is InChI=1S/C15H14ClFO2/c1-9-3-5-12(16)15(7-9)19-14-6-4-11(10(2)18)8-13(14)17/h3-8,10,18H,1-2H3. The highest BCUT2D eigenvalue weighted by Crippen LogP contribution is 2.32. The third kappa shape index (κ3) is 3.25. The first-order valence-corrected chi connectivity index (χ1v) is 6.26. The molecule has 19 heavy (non-hydrogen) atoms. The Balaban J connectivity index is 2.31. The monoisotopic (exact) mass is 280 g/mol. The van der Waals surface area contributed by atoms with Crippen LogP contribution in [0.15, 0.2) is 36.4 Å². The highest BCUT2D eigenvalue weighted by Gasteiger charge is 2.10. The molecule has 0 saturated carbocycles. The van der Waals surface area contributed by atoms with Crippen LogP contribution in [0.1, 0.15) is 24.2 Å². The average molecular weight is 281 g/mol. The van der Waals surface area contributed by atoms with Crippen molar-refractivity contribution in [2.45, 2.75) is 20.0 Å². The molecule has 0 spiro atoms. The first kappa shape index (κ1) is 13.8. The molecule has 0 heterocycles. The summed E-state index contributed by atoms with van der Waals surface area (Å²) < 4.78 is 19.3. The molecule has 0 aliphatic heterocycles. The lowest BCUT2D eigenvalue weighted by molar-refractivity contribution is 0.198. The van der Waals surface area contributed by atoms with Crippen LogP contribution >= 0.6 is 11.6 Å². The molecule has 2 rings (SSSR count). The van der Waals surface area contributed by atoms with Crippen LogP contribution < -0.4 is 4.74 Å². The Morgan fingerprint density at radius 2 is 1.89 bits per heavy atom. The van der Waals surface area contributed by atoms with Gasteiger partial charge in [-0.05, 0) is 49.2 Å². The third-order valence-electron chi connectivity index (χ3n) is 2.74. The molecule has 0 aliphatic carbocycles. The molecule has 0 fully saturated rings. The molecule has 0 aliphatic rings. The van der Waals surface area contributed by atoms with E-state index < -0.39 is 11.9 Å². The molecule has 2 aromatic carbocycles. The van der Waals surface area contributed by atoms with E-state index >= 15 is 0 Å². The Morgan fingerprint density at radius 1 is 1.16 bits per heavy atom. The topological polar surface area (TPSA) is 29.5 Å². The van der Waals surface area contributed by atoms with Crippen molar-refractivity contribution in [2.24, 2.45) is 0 Å². The summed E-state index contributed by atoms with van der Waals surface area (Å²) in [6, 6.07) is 9.65. The van der Waals surface area contributed by atoms with Crippen LogP contribution in [0.2, 0.25) is 5.02 Å². The normalized spacial score (nSPS) is 12.3. The van der Waals surface area contributed by atoms with Gasteiger partial charge in [0.15, 0.2) is 11.6 Å². The molecule has 0 bridgehead atoms. The van der Waals surface area contributed by atoms with Crippen LogP contribution in [-0.4, -0.2) is 5.11 Å². The third-order valence-corrected chi connectivity index (χ3v) is 3.06. The SMILES string of the molecule is Cc1ccc(Cl)c(Oc2ccc(C(C)O)cc2F)c1. The molecule has 2 aromatic rings. The van der Waals surface area contributed by atoms with E-state index in [1.54, 1.807) is 25.1 Å². The average Bonchev–Trinajstić information content (AvgIpc) is 2.36. The lowest BCUT2D eigenvalue weighted by atomic mass is 10.1. The fourth-order valence-corrected chi connectivity index (χ4v) is 1.82. The van der Waals surface area contributed by atoms with Gasteiger partial charge in [0.05, 0.1) is 11.1 Å². The Kier molecular flexibility index (Phi) is 4.08. The van der Waals surface area contributed by atoms with Crippen molar-refractivity contribution in [2.75, 3.05) is 0 Å². The summed E-state index contributed by atoms with van der Waals surface area (Å²) in [4.78, 5) is 0. The van der Waals surface area contributed by atoms with Gasteiger partial charge in [-0.15, -0.1) is 0 Å². The van der Waals surface area contributed by atoms with E-state index in [1.807, 2.05) is 13.0 Å². The first-order valence-electron chi connectivity index (χ1n) is 5.89. The van der Waals surface area contributed by atoms with E-state index in [4.69, 9.17) is 16.3 Å². The molecule has 1 unspecified atom stereocenters. The summed E-state index contributed by atoms with van der Waals surface area (Å²) in [5.74, 6) is -0.0433. The smallest absolute Gasteiger partial charge is 0.166 e. The Hall–Kier alpha value is -1.58. The number of rotatable bonds is 3. The van der Waals surface area contributed by atoms with Crippen molar-refractivity contribution in [3.8, 4) is 11.5 Å². The van der Waals surface area contributed by atoms with Gasteiger partial charge < -0.3 is 9.84 Å². The Labute approximate surface area is 116 Å². The van der Waals surface area contributed by atoms with Gasteiger partial charge in [0, 0.05) is 0 Å². The summed E-state index contributed by atoms with van der Waals surface area (Å²) in [6.07, 6.45) is -0.717. The molecule has 4 heteroatoms. The molecular formula is C15H14ClFO2. The van der Waals surface area contributed by atoms with Gasteiger partial charge in [0.25, 0.3) is 0 Å². The number of aryl methyl sites for hydroxylation is 1. The molecule has 0 amide bonds. The number of aliphatic hydroxyl groups excluding tert-OH is 1. The van der Waals surface area contributed by atoms with E-state index in [0.29, 0.717) is 16.3 Å². The number of hydrogen-bond donors (Lipinski definition) is 1. The van der Waals surface area contributed by atoms with E-state index in [0.717, 1.165) is 5.56 Å². The molecule has 1 atom stereocenters. The van der Waals surface area contributed by atoms with Gasteiger partial charge in [0.1, 0.15) is 5.75 Å². The predicted octanol–water partition coefficient (Wildman–Crippen LogP) is 4.63. The van der Waals surface area contributed by atoms with Crippen LogP contribution in [0.4, 0.5) is 4.39 Å². The second-order valence-electron chi connectivity index (χ2n) is 4.40. The number of halogens is 2. The lowest BCUT2D eigenvalue weighted by Crippen LogP contribution is -1.95. The van der Waals surface area contributed by atoms with E-state index in [2.05, 4.69) is 0 Å². The van der Waals surface area contributed by atoms with Crippen LogP contribution in [0.25, 0.3) is 0 Å². The zero-order valence-electron chi connectivity index (χ0n) is 10.7. The maximum atomic E-state index is 13.8. The molecule has 0 radical (unpaired) electrons. The molecule has 0 saturated heterocycles. The molecule has 0 aromatic heterocycles. The van der Waals surface area contributed by atoms with Crippen LogP contribution in [0.3, 0.4) is 0 Å². The van der Waals surface area contributed by atoms with Gasteiger partial charge in [0.2, 0.25) is 0 Å². The summed E-state index contributed by atoms with van der Waals surface area (Å²) in [7, 11) is 0.